The molecule has 1 aliphatic heterocycles. The maximum absolute atomic E-state index is 5.86. The Hall–Kier alpha value is -0.300. The van der Waals surface area contributed by atoms with Crippen molar-refractivity contribution in [2.24, 2.45) is 11.3 Å². The van der Waals surface area contributed by atoms with Crippen molar-refractivity contribution in [1.82, 2.24) is 0 Å². The predicted molar refractivity (Wildman–Crippen MR) is 59.2 cm³/mol. The topological polar surface area (TPSA) is 9.23 Å². The van der Waals surface area contributed by atoms with Crippen LogP contribution in [0.2, 0.25) is 0 Å². The fraction of sp³-hybridized carbons (Fsp3) is 0.846. The van der Waals surface area contributed by atoms with E-state index in [1.54, 1.807) is 5.57 Å². The standard InChI is InChI=1S/C13H22O/c1-12(2,3)10-5-7-13(4)11(9-10)6-8-14-13/h5,11H,6-9H2,1-4H3. The van der Waals surface area contributed by atoms with Crippen LogP contribution < -0.4 is 0 Å². The highest BCUT2D eigenvalue weighted by molar-refractivity contribution is 5.19. The highest BCUT2D eigenvalue weighted by Crippen LogP contribution is 2.46. The number of rotatable bonds is 0. The number of hydrogen-bond donors (Lipinski definition) is 0. The molecule has 0 aromatic rings. The lowest BCUT2D eigenvalue weighted by Gasteiger charge is -2.38. The van der Waals surface area contributed by atoms with Crippen LogP contribution in [0.15, 0.2) is 11.6 Å². The van der Waals surface area contributed by atoms with E-state index < -0.39 is 0 Å². The quantitative estimate of drug-likeness (QED) is 0.536. The summed E-state index contributed by atoms with van der Waals surface area (Å²) in [5.74, 6) is 0.765. The van der Waals surface area contributed by atoms with Gasteiger partial charge in [-0.2, -0.15) is 0 Å². The fourth-order valence-electron chi connectivity index (χ4n) is 2.69. The lowest BCUT2D eigenvalue weighted by molar-refractivity contribution is -0.00826. The molecule has 0 bridgehead atoms. The fourth-order valence-corrected chi connectivity index (χ4v) is 2.69. The van der Waals surface area contributed by atoms with Crippen LogP contribution in [0.1, 0.15) is 47.0 Å². The molecule has 2 unspecified atom stereocenters. The molecule has 80 valence electrons. The Morgan fingerprint density at radius 3 is 2.79 bits per heavy atom. The molecule has 0 aromatic carbocycles. The molecule has 1 saturated heterocycles. The smallest absolute Gasteiger partial charge is 0.0720 e. The monoisotopic (exact) mass is 194 g/mol. The van der Waals surface area contributed by atoms with Crippen LogP contribution in [0.5, 0.6) is 0 Å². The maximum atomic E-state index is 5.86. The molecule has 1 fully saturated rings. The second kappa shape index (κ2) is 3.10. The van der Waals surface area contributed by atoms with Crippen molar-refractivity contribution in [2.75, 3.05) is 6.61 Å². The summed E-state index contributed by atoms with van der Waals surface area (Å²) in [6, 6.07) is 0. The molecule has 1 heterocycles. The first-order chi connectivity index (χ1) is 6.42. The van der Waals surface area contributed by atoms with Crippen molar-refractivity contribution in [3.05, 3.63) is 11.6 Å². The van der Waals surface area contributed by atoms with Gasteiger partial charge in [0.25, 0.3) is 0 Å². The van der Waals surface area contributed by atoms with E-state index in [0.29, 0.717) is 5.41 Å². The minimum Gasteiger partial charge on any atom is -0.375 e. The predicted octanol–water partition coefficient (Wildman–Crippen LogP) is 3.55. The van der Waals surface area contributed by atoms with Crippen molar-refractivity contribution in [3.8, 4) is 0 Å². The van der Waals surface area contributed by atoms with Crippen molar-refractivity contribution in [1.29, 1.82) is 0 Å². The molecule has 2 aliphatic rings. The summed E-state index contributed by atoms with van der Waals surface area (Å²) in [5.41, 5.74) is 2.14. The van der Waals surface area contributed by atoms with E-state index in [4.69, 9.17) is 4.74 Å². The first-order valence-corrected chi connectivity index (χ1v) is 5.75. The number of hydrogen-bond acceptors (Lipinski definition) is 1. The van der Waals surface area contributed by atoms with Gasteiger partial charge >= 0.3 is 0 Å². The second-order valence-corrected chi connectivity index (χ2v) is 6.03. The zero-order valence-corrected chi connectivity index (χ0v) is 9.89. The third kappa shape index (κ3) is 1.63. The maximum Gasteiger partial charge on any atom is 0.0720 e. The first-order valence-electron chi connectivity index (χ1n) is 5.75. The van der Waals surface area contributed by atoms with Gasteiger partial charge in [0.1, 0.15) is 0 Å². The van der Waals surface area contributed by atoms with Crippen LogP contribution in [0.25, 0.3) is 0 Å². The summed E-state index contributed by atoms with van der Waals surface area (Å²) in [6.07, 6.45) is 6.04. The van der Waals surface area contributed by atoms with Crippen molar-refractivity contribution < 1.29 is 4.74 Å². The molecule has 2 rings (SSSR count). The summed E-state index contributed by atoms with van der Waals surface area (Å²) in [4.78, 5) is 0. The number of ether oxygens (including phenoxy) is 1. The van der Waals surface area contributed by atoms with Crippen LogP contribution in [0, 0.1) is 11.3 Å². The average molecular weight is 194 g/mol. The first kappa shape index (κ1) is 10.2. The summed E-state index contributed by atoms with van der Waals surface area (Å²) in [7, 11) is 0. The Balaban J connectivity index is 2.18. The minimum atomic E-state index is 0.161. The minimum absolute atomic E-state index is 0.161. The molecule has 0 N–H and O–H groups in total. The van der Waals surface area contributed by atoms with E-state index in [9.17, 15) is 0 Å². The molecule has 14 heavy (non-hydrogen) atoms. The normalized spacial score (nSPS) is 38.0. The van der Waals surface area contributed by atoms with Crippen LogP contribution in [0.4, 0.5) is 0 Å². The summed E-state index contributed by atoms with van der Waals surface area (Å²) in [5, 5.41) is 0. The van der Waals surface area contributed by atoms with Crippen LogP contribution in [-0.2, 0) is 4.74 Å². The van der Waals surface area contributed by atoms with E-state index >= 15 is 0 Å². The van der Waals surface area contributed by atoms with E-state index in [1.807, 2.05) is 0 Å². The van der Waals surface area contributed by atoms with Gasteiger partial charge in [0, 0.05) is 6.61 Å². The molecule has 1 aliphatic carbocycles. The molecule has 0 aromatic heterocycles. The van der Waals surface area contributed by atoms with E-state index in [2.05, 4.69) is 33.8 Å². The highest BCUT2D eigenvalue weighted by Gasteiger charge is 2.43. The van der Waals surface area contributed by atoms with Gasteiger partial charge in [-0.1, -0.05) is 32.4 Å². The Bertz CT molecular complexity index is 259. The van der Waals surface area contributed by atoms with E-state index in [-0.39, 0.29) is 5.60 Å². The van der Waals surface area contributed by atoms with E-state index in [0.717, 1.165) is 18.9 Å². The van der Waals surface area contributed by atoms with Crippen molar-refractivity contribution in [3.63, 3.8) is 0 Å². The van der Waals surface area contributed by atoms with Crippen molar-refractivity contribution in [2.45, 2.75) is 52.6 Å². The van der Waals surface area contributed by atoms with Gasteiger partial charge in [-0.3, -0.25) is 0 Å². The third-order valence-corrected chi connectivity index (χ3v) is 3.95. The van der Waals surface area contributed by atoms with Gasteiger partial charge in [-0.25, -0.2) is 0 Å². The van der Waals surface area contributed by atoms with Gasteiger partial charge in [-0.05, 0) is 37.5 Å². The van der Waals surface area contributed by atoms with Gasteiger partial charge in [0.05, 0.1) is 5.60 Å². The lowest BCUT2D eigenvalue weighted by atomic mass is 9.70. The molecule has 1 heteroatoms. The lowest BCUT2D eigenvalue weighted by Crippen LogP contribution is -2.35. The van der Waals surface area contributed by atoms with Gasteiger partial charge in [0.15, 0.2) is 0 Å². The van der Waals surface area contributed by atoms with Crippen LogP contribution in [0.3, 0.4) is 0 Å². The Morgan fingerprint density at radius 1 is 1.43 bits per heavy atom. The molecule has 0 amide bonds. The zero-order valence-electron chi connectivity index (χ0n) is 9.89. The average Bonchev–Trinajstić information content (AvgIpc) is 2.42. The van der Waals surface area contributed by atoms with Crippen molar-refractivity contribution >= 4 is 0 Å². The zero-order chi connectivity index (χ0) is 10.4. The third-order valence-electron chi connectivity index (χ3n) is 3.95. The largest absolute Gasteiger partial charge is 0.375 e. The second-order valence-electron chi connectivity index (χ2n) is 6.03. The highest BCUT2D eigenvalue weighted by atomic mass is 16.5. The molecular weight excluding hydrogens is 172 g/mol. The SMILES string of the molecule is CC(C)(C)C1=CCC2(C)OCCC2C1. The summed E-state index contributed by atoms with van der Waals surface area (Å²) < 4.78 is 5.86. The Labute approximate surface area is 87.5 Å². The molecule has 2 atom stereocenters. The summed E-state index contributed by atoms with van der Waals surface area (Å²) >= 11 is 0. The van der Waals surface area contributed by atoms with Gasteiger partial charge < -0.3 is 4.74 Å². The Kier molecular flexibility index (Phi) is 2.26. The molecule has 0 saturated carbocycles. The summed E-state index contributed by atoms with van der Waals surface area (Å²) in [6.45, 7) is 10.2. The van der Waals surface area contributed by atoms with E-state index in [1.165, 1.54) is 12.8 Å². The van der Waals surface area contributed by atoms with Crippen LogP contribution in [-0.4, -0.2) is 12.2 Å². The van der Waals surface area contributed by atoms with Gasteiger partial charge in [-0.15, -0.1) is 0 Å². The molecule has 0 spiro atoms. The Morgan fingerprint density at radius 2 is 2.14 bits per heavy atom. The number of allylic oxidation sites excluding steroid dienone is 1. The number of fused-ring (bicyclic) bond motifs is 1. The van der Waals surface area contributed by atoms with Crippen LogP contribution >= 0.6 is 0 Å². The molecular formula is C13H22O. The molecule has 0 radical (unpaired) electrons. The van der Waals surface area contributed by atoms with Gasteiger partial charge in [0.2, 0.25) is 0 Å². The molecule has 1 nitrogen and oxygen atoms in total.